The lowest BCUT2D eigenvalue weighted by Gasteiger charge is -2.03. The van der Waals surface area contributed by atoms with Crippen LogP contribution in [0.5, 0.6) is 5.75 Å². The van der Waals surface area contributed by atoms with E-state index in [1.807, 2.05) is 0 Å². The zero-order valence-corrected chi connectivity index (χ0v) is 8.76. The van der Waals surface area contributed by atoms with Gasteiger partial charge in [0.15, 0.2) is 0 Å². The predicted molar refractivity (Wildman–Crippen MR) is 52.3 cm³/mol. The summed E-state index contributed by atoms with van der Waals surface area (Å²) in [7, 11) is 2.71. The predicted octanol–water partition coefficient (Wildman–Crippen LogP) is 2.17. The molecular formula is C8H6ClNO3S. The van der Waals surface area contributed by atoms with E-state index in [4.69, 9.17) is 22.0 Å². The molecule has 0 aliphatic carbocycles. The highest BCUT2D eigenvalue weighted by molar-refractivity contribution is 8.13. The van der Waals surface area contributed by atoms with E-state index in [0.717, 1.165) is 0 Å². The van der Waals surface area contributed by atoms with Crippen molar-refractivity contribution in [3.05, 3.63) is 29.6 Å². The van der Waals surface area contributed by atoms with Gasteiger partial charge in [0.2, 0.25) is 5.69 Å². The molecule has 0 aliphatic heterocycles. The molecule has 74 valence electrons. The van der Waals surface area contributed by atoms with Crippen molar-refractivity contribution in [2.24, 2.45) is 0 Å². The van der Waals surface area contributed by atoms with Crippen LogP contribution >= 0.6 is 10.7 Å². The highest BCUT2D eigenvalue weighted by Crippen LogP contribution is 2.30. The van der Waals surface area contributed by atoms with Gasteiger partial charge in [-0.25, -0.2) is 13.3 Å². The maximum absolute atomic E-state index is 10.9. The number of ether oxygens (including phenoxy) is 1. The fourth-order valence-corrected chi connectivity index (χ4v) is 1.67. The van der Waals surface area contributed by atoms with E-state index in [1.54, 1.807) is 0 Å². The zero-order valence-electron chi connectivity index (χ0n) is 7.19. The Bertz CT molecular complexity index is 490. The molecule has 0 saturated heterocycles. The van der Waals surface area contributed by atoms with Crippen LogP contribution in [-0.4, -0.2) is 15.5 Å². The number of benzene rings is 1. The maximum atomic E-state index is 10.9. The number of hydrogen-bond acceptors (Lipinski definition) is 3. The van der Waals surface area contributed by atoms with Crippen LogP contribution in [0.4, 0.5) is 5.69 Å². The second-order valence-corrected chi connectivity index (χ2v) is 4.95. The van der Waals surface area contributed by atoms with Crippen LogP contribution in [0.15, 0.2) is 23.1 Å². The summed E-state index contributed by atoms with van der Waals surface area (Å²) < 4.78 is 26.7. The third kappa shape index (κ3) is 2.16. The van der Waals surface area contributed by atoms with Crippen molar-refractivity contribution in [3.63, 3.8) is 0 Å². The zero-order chi connectivity index (χ0) is 10.8. The highest BCUT2D eigenvalue weighted by atomic mass is 35.7. The minimum atomic E-state index is -3.77. The summed E-state index contributed by atoms with van der Waals surface area (Å²) in [5.41, 5.74) is 0.247. The molecule has 4 nitrogen and oxygen atoms in total. The fraction of sp³-hybridized carbons (Fsp3) is 0.125. The van der Waals surface area contributed by atoms with Gasteiger partial charge in [-0.2, -0.15) is 0 Å². The minimum Gasteiger partial charge on any atom is -0.508 e. The van der Waals surface area contributed by atoms with Crippen LogP contribution in [0.25, 0.3) is 4.85 Å². The van der Waals surface area contributed by atoms with Crippen molar-refractivity contribution >= 4 is 25.4 Å². The van der Waals surface area contributed by atoms with E-state index in [9.17, 15) is 8.42 Å². The lowest BCUT2D eigenvalue weighted by molar-refractivity contribution is 0.416. The molecule has 14 heavy (non-hydrogen) atoms. The van der Waals surface area contributed by atoms with E-state index in [0.29, 0.717) is 0 Å². The number of nitrogens with zero attached hydrogens (tertiary/aromatic N) is 1. The number of hydrogen-bond donors (Lipinski definition) is 0. The maximum Gasteiger partial charge on any atom is 0.261 e. The topological polar surface area (TPSA) is 47.7 Å². The number of rotatable bonds is 2. The van der Waals surface area contributed by atoms with Gasteiger partial charge in [-0.05, 0) is 6.07 Å². The molecular weight excluding hydrogens is 226 g/mol. The first-order chi connectivity index (χ1) is 6.49. The fourth-order valence-electron chi connectivity index (χ4n) is 0.902. The molecule has 0 N–H and O–H groups in total. The SMILES string of the molecule is [C-]#[N+]c1ccc(S(=O)(=O)Cl)cc1OC. The molecule has 1 rings (SSSR count). The summed E-state index contributed by atoms with van der Waals surface area (Å²) in [6, 6.07) is 3.83. The van der Waals surface area contributed by atoms with Gasteiger partial charge in [-0.1, -0.05) is 12.1 Å². The summed E-state index contributed by atoms with van der Waals surface area (Å²) in [6.45, 7) is 6.78. The number of halogens is 1. The smallest absolute Gasteiger partial charge is 0.261 e. The number of methoxy groups -OCH3 is 1. The first-order valence-electron chi connectivity index (χ1n) is 3.49. The standard InChI is InChI=1S/C8H6ClNO3S/c1-10-7-4-3-6(14(9,11)12)5-8(7)13-2/h3-5H,2H3. The Balaban J connectivity index is 3.37. The molecule has 0 fully saturated rings. The molecule has 0 atom stereocenters. The minimum absolute atomic E-state index is 0.0802. The van der Waals surface area contributed by atoms with Gasteiger partial charge in [-0.15, -0.1) is 0 Å². The monoisotopic (exact) mass is 231 g/mol. The summed E-state index contributed by atoms with van der Waals surface area (Å²) in [6.07, 6.45) is 0. The lowest BCUT2D eigenvalue weighted by atomic mass is 10.3. The van der Waals surface area contributed by atoms with Crippen LogP contribution in [0.2, 0.25) is 0 Å². The van der Waals surface area contributed by atoms with Gasteiger partial charge in [-0.3, -0.25) is 0 Å². The van der Waals surface area contributed by atoms with Crippen molar-refractivity contribution < 1.29 is 13.2 Å². The highest BCUT2D eigenvalue weighted by Gasteiger charge is 2.13. The van der Waals surface area contributed by atoms with Crippen LogP contribution in [0.1, 0.15) is 0 Å². The summed E-state index contributed by atoms with van der Waals surface area (Å²) in [5.74, 6) is 0.196. The lowest BCUT2D eigenvalue weighted by Crippen LogP contribution is -1.91. The second kappa shape index (κ2) is 3.86. The van der Waals surface area contributed by atoms with Gasteiger partial charge >= 0.3 is 0 Å². The Morgan fingerprint density at radius 2 is 2.14 bits per heavy atom. The quantitative estimate of drug-likeness (QED) is 0.579. The van der Waals surface area contributed by atoms with Crippen molar-refractivity contribution in [2.45, 2.75) is 4.90 Å². The molecule has 6 heteroatoms. The Labute approximate surface area is 86.3 Å². The van der Waals surface area contributed by atoms with E-state index in [2.05, 4.69) is 4.85 Å². The average molecular weight is 232 g/mol. The van der Waals surface area contributed by atoms with Gasteiger partial charge in [0.05, 0.1) is 18.6 Å². The molecule has 0 amide bonds. The molecule has 0 aromatic heterocycles. The molecule has 1 aromatic carbocycles. The first-order valence-corrected chi connectivity index (χ1v) is 5.80. The first kappa shape index (κ1) is 10.8. The van der Waals surface area contributed by atoms with Crippen LogP contribution < -0.4 is 4.74 Å². The van der Waals surface area contributed by atoms with E-state index >= 15 is 0 Å². The Kier molecular flexibility index (Phi) is 2.99. The van der Waals surface area contributed by atoms with Crippen LogP contribution in [0.3, 0.4) is 0 Å². The summed E-state index contributed by atoms with van der Waals surface area (Å²) in [5, 5.41) is 0. The van der Waals surface area contributed by atoms with Gasteiger partial charge in [0.1, 0.15) is 5.75 Å². The molecule has 0 aliphatic rings. The largest absolute Gasteiger partial charge is 0.508 e. The third-order valence-corrected chi connectivity index (χ3v) is 2.90. The van der Waals surface area contributed by atoms with Crippen molar-refractivity contribution in [3.8, 4) is 5.75 Å². The van der Waals surface area contributed by atoms with Gasteiger partial charge < -0.3 is 4.74 Å². The molecule has 0 heterocycles. The Hall–Kier alpha value is -1.25. The molecule has 0 spiro atoms. The van der Waals surface area contributed by atoms with Crippen LogP contribution in [-0.2, 0) is 9.05 Å². The molecule has 0 radical (unpaired) electrons. The van der Waals surface area contributed by atoms with Gasteiger partial charge in [0, 0.05) is 10.7 Å². The molecule has 0 bridgehead atoms. The molecule has 0 saturated carbocycles. The van der Waals surface area contributed by atoms with E-state index in [1.165, 1.54) is 25.3 Å². The second-order valence-electron chi connectivity index (χ2n) is 2.38. The normalized spacial score (nSPS) is 10.6. The summed E-state index contributed by atoms with van der Waals surface area (Å²) >= 11 is 0. The van der Waals surface area contributed by atoms with Crippen molar-refractivity contribution in [1.82, 2.24) is 0 Å². The van der Waals surface area contributed by atoms with Crippen molar-refractivity contribution in [2.75, 3.05) is 7.11 Å². The van der Waals surface area contributed by atoms with Gasteiger partial charge in [0.25, 0.3) is 9.05 Å². The Morgan fingerprint density at radius 1 is 1.50 bits per heavy atom. The molecule has 0 unspecified atom stereocenters. The average Bonchev–Trinajstić information content (AvgIpc) is 2.15. The third-order valence-electron chi connectivity index (χ3n) is 1.55. The van der Waals surface area contributed by atoms with Crippen LogP contribution in [0, 0.1) is 6.57 Å². The Morgan fingerprint density at radius 3 is 2.57 bits per heavy atom. The van der Waals surface area contributed by atoms with Crippen molar-refractivity contribution in [1.29, 1.82) is 0 Å². The summed E-state index contributed by atoms with van der Waals surface area (Å²) in [4.78, 5) is 3.07. The van der Waals surface area contributed by atoms with E-state index < -0.39 is 9.05 Å². The molecule has 1 aromatic rings. The van der Waals surface area contributed by atoms with E-state index in [-0.39, 0.29) is 16.3 Å².